The van der Waals surface area contributed by atoms with Gasteiger partial charge in [0.15, 0.2) is 0 Å². The van der Waals surface area contributed by atoms with Crippen molar-refractivity contribution in [1.82, 2.24) is 0 Å². The minimum atomic E-state index is 0.0509. The summed E-state index contributed by atoms with van der Waals surface area (Å²) >= 11 is 1.82. The largest absolute Gasteiger partial charge is 0.497 e. The molecule has 1 aliphatic heterocycles. The molecule has 0 spiro atoms. The van der Waals surface area contributed by atoms with Crippen molar-refractivity contribution >= 4 is 29.0 Å². The number of benzene rings is 1. The summed E-state index contributed by atoms with van der Waals surface area (Å²) in [6.45, 7) is 0. The number of amides is 1. The Morgan fingerprint density at radius 3 is 3.06 bits per heavy atom. The molecular formula is C12H16N2O2S. The summed E-state index contributed by atoms with van der Waals surface area (Å²) in [5.74, 6) is 2.80. The molecule has 1 aromatic rings. The SMILES string of the molecule is COc1ccc(N)c(NC(=O)C2CCSC2)c1. The number of ether oxygens (including phenoxy) is 1. The summed E-state index contributed by atoms with van der Waals surface area (Å²) in [5.41, 5.74) is 7.01. The molecule has 17 heavy (non-hydrogen) atoms. The Kier molecular flexibility index (Phi) is 3.78. The standard InChI is InChI=1S/C12H16N2O2S/c1-16-9-2-3-10(13)11(6-9)14-12(15)8-4-5-17-7-8/h2-3,6,8H,4-5,7,13H2,1H3,(H,14,15). The van der Waals surface area contributed by atoms with Crippen molar-refractivity contribution in [3.8, 4) is 5.75 Å². The zero-order chi connectivity index (χ0) is 12.3. The average molecular weight is 252 g/mol. The van der Waals surface area contributed by atoms with Crippen LogP contribution in [0.3, 0.4) is 0 Å². The molecule has 0 aliphatic carbocycles. The number of nitrogen functional groups attached to an aromatic ring is 1. The predicted octanol–water partition coefficient (Wildman–Crippen LogP) is 1.97. The maximum absolute atomic E-state index is 11.9. The van der Waals surface area contributed by atoms with Crippen molar-refractivity contribution in [2.75, 3.05) is 29.7 Å². The molecule has 1 aliphatic rings. The fourth-order valence-corrected chi connectivity index (χ4v) is 2.97. The van der Waals surface area contributed by atoms with Gasteiger partial charge in [-0.3, -0.25) is 4.79 Å². The van der Waals surface area contributed by atoms with Crippen molar-refractivity contribution in [1.29, 1.82) is 0 Å². The van der Waals surface area contributed by atoms with Gasteiger partial charge >= 0.3 is 0 Å². The molecule has 1 aromatic carbocycles. The lowest BCUT2D eigenvalue weighted by atomic mass is 10.1. The first-order valence-corrected chi connectivity index (χ1v) is 6.68. The zero-order valence-corrected chi connectivity index (χ0v) is 10.5. The van der Waals surface area contributed by atoms with E-state index >= 15 is 0 Å². The molecule has 4 nitrogen and oxygen atoms in total. The number of carbonyl (C=O) groups excluding carboxylic acids is 1. The molecule has 2 rings (SSSR count). The van der Waals surface area contributed by atoms with Gasteiger partial charge in [-0.05, 0) is 24.3 Å². The number of methoxy groups -OCH3 is 1. The fraction of sp³-hybridized carbons (Fsp3) is 0.417. The van der Waals surface area contributed by atoms with Gasteiger partial charge in [-0.15, -0.1) is 0 Å². The van der Waals surface area contributed by atoms with E-state index in [-0.39, 0.29) is 11.8 Å². The quantitative estimate of drug-likeness (QED) is 0.807. The van der Waals surface area contributed by atoms with Crippen LogP contribution >= 0.6 is 11.8 Å². The van der Waals surface area contributed by atoms with E-state index in [2.05, 4.69) is 5.32 Å². The molecule has 0 radical (unpaired) electrons. The van der Waals surface area contributed by atoms with Gasteiger partial charge < -0.3 is 15.8 Å². The molecule has 1 atom stereocenters. The van der Waals surface area contributed by atoms with Crippen LogP contribution in [0.1, 0.15) is 6.42 Å². The van der Waals surface area contributed by atoms with Crippen LogP contribution < -0.4 is 15.8 Å². The molecule has 0 aromatic heterocycles. The van der Waals surface area contributed by atoms with E-state index in [1.807, 2.05) is 11.8 Å². The lowest BCUT2D eigenvalue weighted by Gasteiger charge is -2.12. The van der Waals surface area contributed by atoms with Crippen LogP contribution in [0.4, 0.5) is 11.4 Å². The Balaban J connectivity index is 2.09. The summed E-state index contributed by atoms with van der Waals surface area (Å²) in [7, 11) is 1.59. The second kappa shape index (κ2) is 5.31. The smallest absolute Gasteiger partial charge is 0.228 e. The van der Waals surface area contributed by atoms with Crippen LogP contribution in [-0.2, 0) is 4.79 Å². The third-order valence-corrected chi connectivity index (χ3v) is 3.98. The lowest BCUT2D eigenvalue weighted by molar-refractivity contribution is -0.119. The molecule has 1 heterocycles. The number of anilines is 2. The lowest BCUT2D eigenvalue weighted by Crippen LogP contribution is -2.22. The van der Waals surface area contributed by atoms with Crippen LogP contribution in [0.25, 0.3) is 0 Å². The normalized spacial score (nSPS) is 19.0. The second-order valence-corrected chi connectivity index (χ2v) is 5.15. The predicted molar refractivity (Wildman–Crippen MR) is 71.5 cm³/mol. The van der Waals surface area contributed by atoms with Crippen LogP contribution in [-0.4, -0.2) is 24.5 Å². The Labute approximate surface area is 105 Å². The Hall–Kier alpha value is -1.36. The number of hydrogen-bond donors (Lipinski definition) is 2. The number of hydrogen-bond acceptors (Lipinski definition) is 4. The molecule has 0 bridgehead atoms. The van der Waals surface area contributed by atoms with Crippen molar-refractivity contribution in [2.45, 2.75) is 6.42 Å². The van der Waals surface area contributed by atoms with Gasteiger partial charge in [-0.25, -0.2) is 0 Å². The first-order chi connectivity index (χ1) is 8.20. The van der Waals surface area contributed by atoms with E-state index in [0.717, 1.165) is 17.9 Å². The summed E-state index contributed by atoms with van der Waals surface area (Å²) in [5, 5.41) is 2.87. The second-order valence-electron chi connectivity index (χ2n) is 4.00. The Morgan fingerprint density at radius 1 is 1.59 bits per heavy atom. The van der Waals surface area contributed by atoms with Gasteiger partial charge in [0, 0.05) is 17.7 Å². The molecule has 0 saturated carbocycles. The fourth-order valence-electron chi connectivity index (χ4n) is 1.75. The average Bonchev–Trinajstić information content (AvgIpc) is 2.85. The van der Waals surface area contributed by atoms with E-state index in [1.165, 1.54) is 0 Å². The van der Waals surface area contributed by atoms with Crippen LogP contribution in [0.5, 0.6) is 5.75 Å². The monoisotopic (exact) mass is 252 g/mol. The summed E-state index contributed by atoms with van der Waals surface area (Å²) in [6.07, 6.45) is 0.945. The highest BCUT2D eigenvalue weighted by atomic mass is 32.2. The maximum Gasteiger partial charge on any atom is 0.228 e. The van der Waals surface area contributed by atoms with E-state index in [9.17, 15) is 4.79 Å². The minimum absolute atomic E-state index is 0.0509. The number of nitrogens with two attached hydrogens (primary N) is 1. The Morgan fingerprint density at radius 2 is 2.41 bits per heavy atom. The summed E-state index contributed by atoms with van der Waals surface area (Å²) in [6, 6.07) is 5.25. The molecule has 1 saturated heterocycles. The molecule has 1 fully saturated rings. The summed E-state index contributed by atoms with van der Waals surface area (Å²) in [4.78, 5) is 11.9. The van der Waals surface area contributed by atoms with Crippen molar-refractivity contribution in [3.63, 3.8) is 0 Å². The van der Waals surface area contributed by atoms with Gasteiger partial charge in [-0.2, -0.15) is 11.8 Å². The highest BCUT2D eigenvalue weighted by Gasteiger charge is 2.23. The van der Waals surface area contributed by atoms with Crippen LogP contribution in [0.15, 0.2) is 18.2 Å². The van der Waals surface area contributed by atoms with E-state index in [4.69, 9.17) is 10.5 Å². The van der Waals surface area contributed by atoms with E-state index < -0.39 is 0 Å². The molecule has 92 valence electrons. The number of carbonyl (C=O) groups is 1. The third kappa shape index (κ3) is 2.85. The first kappa shape index (κ1) is 12.1. The van der Waals surface area contributed by atoms with Crippen molar-refractivity contribution < 1.29 is 9.53 Å². The molecule has 1 amide bonds. The molecule has 1 unspecified atom stereocenters. The van der Waals surface area contributed by atoms with Gasteiger partial charge in [0.25, 0.3) is 0 Å². The number of rotatable bonds is 3. The molecule has 3 N–H and O–H groups in total. The van der Waals surface area contributed by atoms with Crippen LogP contribution in [0, 0.1) is 5.92 Å². The minimum Gasteiger partial charge on any atom is -0.497 e. The summed E-state index contributed by atoms with van der Waals surface area (Å²) < 4.78 is 5.11. The van der Waals surface area contributed by atoms with Crippen molar-refractivity contribution in [3.05, 3.63) is 18.2 Å². The first-order valence-electron chi connectivity index (χ1n) is 5.53. The van der Waals surface area contributed by atoms with Gasteiger partial charge in [0.05, 0.1) is 18.5 Å². The third-order valence-electron chi connectivity index (χ3n) is 2.82. The topological polar surface area (TPSA) is 64.3 Å². The van der Waals surface area contributed by atoms with Crippen molar-refractivity contribution in [2.24, 2.45) is 5.92 Å². The van der Waals surface area contributed by atoms with Gasteiger partial charge in [0.2, 0.25) is 5.91 Å². The molecule has 5 heteroatoms. The highest BCUT2D eigenvalue weighted by Crippen LogP contribution is 2.28. The highest BCUT2D eigenvalue weighted by molar-refractivity contribution is 7.99. The van der Waals surface area contributed by atoms with Gasteiger partial charge in [0.1, 0.15) is 5.75 Å². The van der Waals surface area contributed by atoms with E-state index in [0.29, 0.717) is 17.1 Å². The number of nitrogens with one attached hydrogen (secondary N) is 1. The van der Waals surface area contributed by atoms with Gasteiger partial charge in [-0.1, -0.05) is 0 Å². The zero-order valence-electron chi connectivity index (χ0n) is 9.73. The maximum atomic E-state index is 11.9. The number of thioether (sulfide) groups is 1. The Bertz CT molecular complexity index is 417. The molecular weight excluding hydrogens is 236 g/mol. The van der Waals surface area contributed by atoms with Crippen LogP contribution in [0.2, 0.25) is 0 Å². The van der Waals surface area contributed by atoms with E-state index in [1.54, 1.807) is 25.3 Å².